The summed E-state index contributed by atoms with van der Waals surface area (Å²) in [5.74, 6) is -0.122. The van der Waals surface area contributed by atoms with Crippen LogP contribution in [-0.4, -0.2) is 53.7 Å². The number of nitrogens with two attached hydrogens (primary N) is 1. The van der Waals surface area contributed by atoms with Crippen LogP contribution in [0.3, 0.4) is 0 Å². The number of rotatable bonds is 5. The smallest absolute Gasteiger partial charge is 0.332 e. The lowest BCUT2D eigenvalue weighted by Gasteiger charge is -2.15. The molecule has 0 saturated heterocycles. The van der Waals surface area contributed by atoms with Crippen LogP contribution in [0.1, 0.15) is 11.4 Å². The minimum Gasteiger partial charge on any atom is -0.337 e. The van der Waals surface area contributed by atoms with Gasteiger partial charge in [0.2, 0.25) is 5.91 Å². The normalized spacial score (nSPS) is 10.9. The molecule has 3 aromatic heterocycles. The molecule has 3 rings (SSSR count). The van der Waals surface area contributed by atoms with Gasteiger partial charge in [-0.05, 0) is 11.6 Å². The summed E-state index contributed by atoms with van der Waals surface area (Å²) < 4.78 is 2.28. The average Bonchev–Trinajstić information content (AvgIpc) is 2.69. The third-order valence-electron chi connectivity index (χ3n) is 4.04. The predicted molar refractivity (Wildman–Crippen MR) is 95.7 cm³/mol. The van der Waals surface area contributed by atoms with E-state index in [2.05, 4.69) is 20.2 Å². The number of aromatic nitrogens is 6. The second-order valence-corrected chi connectivity index (χ2v) is 5.95. The molecule has 140 valence electrons. The van der Waals surface area contributed by atoms with Gasteiger partial charge in [0.05, 0.1) is 19.6 Å². The molecule has 0 saturated carbocycles. The van der Waals surface area contributed by atoms with E-state index in [4.69, 9.17) is 5.73 Å². The minimum atomic E-state index is -0.582. The molecule has 0 aromatic carbocycles. The summed E-state index contributed by atoms with van der Waals surface area (Å²) in [6, 6.07) is 3.55. The number of hydrogen-bond acceptors (Lipinski definition) is 8. The van der Waals surface area contributed by atoms with Crippen molar-refractivity contribution in [1.82, 2.24) is 34.2 Å². The Hall–Kier alpha value is -3.47. The van der Waals surface area contributed by atoms with Crippen molar-refractivity contribution in [2.24, 2.45) is 12.8 Å². The Morgan fingerprint density at radius 3 is 2.74 bits per heavy atom. The number of hydrogen-bond donors (Lipinski definition) is 1. The predicted octanol–water partition coefficient (Wildman–Crippen LogP) is -1.75. The summed E-state index contributed by atoms with van der Waals surface area (Å²) in [4.78, 5) is 46.2. The third kappa shape index (κ3) is 3.58. The van der Waals surface area contributed by atoms with Crippen molar-refractivity contribution in [1.29, 1.82) is 0 Å². The first-order valence-corrected chi connectivity index (χ1v) is 8.08. The molecule has 0 aliphatic rings. The summed E-state index contributed by atoms with van der Waals surface area (Å²) in [5, 5.41) is 7.98. The van der Waals surface area contributed by atoms with Gasteiger partial charge in [-0.25, -0.2) is 9.78 Å². The van der Waals surface area contributed by atoms with Crippen molar-refractivity contribution in [3.05, 3.63) is 56.8 Å². The maximum atomic E-state index is 12.5. The lowest BCUT2D eigenvalue weighted by Crippen LogP contribution is -2.39. The van der Waals surface area contributed by atoms with E-state index in [-0.39, 0.29) is 42.5 Å². The van der Waals surface area contributed by atoms with E-state index in [1.54, 1.807) is 31.6 Å². The summed E-state index contributed by atoms with van der Waals surface area (Å²) in [6.45, 7) is 0.0619. The van der Waals surface area contributed by atoms with Crippen LogP contribution >= 0.6 is 0 Å². The first kappa shape index (κ1) is 18.3. The quantitative estimate of drug-likeness (QED) is 0.557. The largest absolute Gasteiger partial charge is 0.337 e. The van der Waals surface area contributed by atoms with Gasteiger partial charge in [-0.2, -0.15) is 0 Å². The highest BCUT2D eigenvalue weighted by Crippen LogP contribution is 2.06. The van der Waals surface area contributed by atoms with Gasteiger partial charge in [0.25, 0.3) is 5.56 Å². The van der Waals surface area contributed by atoms with Crippen LogP contribution in [0.15, 0.2) is 34.1 Å². The molecule has 0 spiro atoms. The fourth-order valence-electron chi connectivity index (χ4n) is 2.54. The van der Waals surface area contributed by atoms with Gasteiger partial charge in [0.1, 0.15) is 0 Å². The van der Waals surface area contributed by atoms with Crippen molar-refractivity contribution >= 4 is 17.1 Å². The SMILES string of the molecule is CN(Cc1nnc2c(n1)c(=O)n(C)c(=O)n2Cc1cccnc1)C(=O)CN. The van der Waals surface area contributed by atoms with Gasteiger partial charge in [0.15, 0.2) is 17.0 Å². The third-order valence-corrected chi connectivity index (χ3v) is 4.04. The Morgan fingerprint density at radius 2 is 2.07 bits per heavy atom. The molecule has 27 heavy (non-hydrogen) atoms. The van der Waals surface area contributed by atoms with E-state index in [9.17, 15) is 14.4 Å². The zero-order chi connectivity index (χ0) is 19.6. The van der Waals surface area contributed by atoms with Crippen LogP contribution in [0.5, 0.6) is 0 Å². The van der Waals surface area contributed by atoms with Crippen molar-refractivity contribution in [3.63, 3.8) is 0 Å². The van der Waals surface area contributed by atoms with Gasteiger partial charge >= 0.3 is 5.69 Å². The molecule has 0 bridgehead atoms. The Balaban J connectivity index is 2.10. The van der Waals surface area contributed by atoms with E-state index in [0.29, 0.717) is 0 Å². The molecular formula is C16H18N8O3. The van der Waals surface area contributed by atoms with Crippen molar-refractivity contribution in [2.45, 2.75) is 13.1 Å². The highest BCUT2D eigenvalue weighted by atomic mass is 16.2. The van der Waals surface area contributed by atoms with Crippen LogP contribution in [0.25, 0.3) is 11.2 Å². The fourth-order valence-corrected chi connectivity index (χ4v) is 2.54. The maximum absolute atomic E-state index is 12.5. The number of carbonyl (C=O) groups excluding carboxylic acids is 1. The zero-order valence-electron chi connectivity index (χ0n) is 14.9. The van der Waals surface area contributed by atoms with Gasteiger partial charge < -0.3 is 10.6 Å². The van der Waals surface area contributed by atoms with Crippen LogP contribution in [0.4, 0.5) is 0 Å². The van der Waals surface area contributed by atoms with Crippen molar-refractivity contribution < 1.29 is 4.79 Å². The molecule has 11 heteroatoms. The Labute approximate surface area is 153 Å². The molecular weight excluding hydrogens is 352 g/mol. The zero-order valence-corrected chi connectivity index (χ0v) is 14.9. The molecule has 0 radical (unpaired) electrons. The van der Waals surface area contributed by atoms with E-state index in [1.807, 2.05) is 0 Å². The molecule has 0 fully saturated rings. The number of carbonyl (C=O) groups is 1. The van der Waals surface area contributed by atoms with Crippen molar-refractivity contribution in [2.75, 3.05) is 13.6 Å². The minimum absolute atomic E-state index is 0.000382. The molecule has 11 nitrogen and oxygen atoms in total. The Bertz CT molecular complexity index is 1110. The average molecular weight is 370 g/mol. The number of amides is 1. The Morgan fingerprint density at radius 1 is 1.30 bits per heavy atom. The van der Waals surface area contributed by atoms with Crippen LogP contribution < -0.4 is 17.0 Å². The molecule has 3 aromatic rings. The highest BCUT2D eigenvalue weighted by Gasteiger charge is 2.17. The second-order valence-electron chi connectivity index (χ2n) is 5.95. The van der Waals surface area contributed by atoms with E-state index in [1.165, 1.54) is 16.5 Å². The van der Waals surface area contributed by atoms with Crippen molar-refractivity contribution in [3.8, 4) is 0 Å². The van der Waals surface area contributed by atoms with Gasteiger partial charge in [-0.3, -0.25) is 23.7 Å². The van der Waals surface area contributed by atoms with Crippen LogP contribution in [0.2, 0.25) is 0 Å². The summed E-state index contributed by atoms with van der Waals surface area (Å²) >= 11 is 0. The lowest BCUT2D eigenvalue weighted by molar-refractivity contribution is -0.129. The summed E-state index contributed by atoms with van der Waals surface area (Å²) in [6.07, 6.45) is 3.24. The summed E-state index contributed by atoms with van der Waals surface area (Å²) in [7, 11) is 2.92. The topological polar surface area (TPSA) is 142 Å². The van der Waals surface area contributed by atoms with Gasteiger partial charge in [0, 0.05) is 26.5 Å². The molecule has 0 unspecified atom stereocenters. The molecule has 0 aliphatic heterocycles. The number of pyridine rings is 1. The molecule has 2 N–H and O–H groups in total. The van der Waals surface area contributed by atoms with Crippen LogP contribution in [0, 0.1) is 0 Å². The van der Waals surface area contributed by atoms with Crippen LogP contribution in [-0.2, 0) is 24.9 Å². The van der Waals surface area contributed by atoms with Gasteiger partial charge in [-0.1, -0.05) is 6.07 Å². The standard InChI is InChI=1S/C16H18N8O3/c1-22(12(25)6-17)9-11-19-13-14(21-20-11)24(16(27)23(2)15(13)26)8-10-4-3-5-18-7-10/h3-5,7H,6,8-9,17H2,1-2H3. The Kier molecular flexibility index (Phi) is 5.03. The lowest BCUT2D eigenvalue weighted by atomic mass is 10.3. The second kappa shape index (κ2) is 7.41. The molecule has 0 aliphatic carbocycles. The highest BCUT2D eigenvalue weighted by molar-refractivity contribution is 5.77. The first-order chi connectivity index (χ1) is 12.9. The summed E-state index contributed by atoms with van der Waals surface area (Å²) in [5.41, 5.74) is 5.05. The number of nitrogens with zero attached hydrogens (tertiary/aromatic N) is 7. The number of fused-ring (bicyclic) bond motifs is 1. The number of likely N-dealkylation sites (N-methyl/N-ethyl adjacent to an activating group) is 1. The monoisotopic (exact) mass is 370 g/mol. The van der Waals surface area contributed by atoms with E-state index >= 15 is 0 Å². The molecule has 3 heterocycles. The van der Waals surface area contributed by atoms with Gasteiger partial charge in [-0.15, -0.1) is 10.2 Å². The fraction of sp³-hybridized carbons (Fsp3) is 0.312. The van der Waals surface area contributed by atoms with E-state index < -0.39 is 11.2 Å². The van der Waals surface area contributed by atoms with E-state index in [0.717, 1.165) is 10.1 Å². The maximum Gasteiger partial charge on any atom is 0.332 e. The first-order valence-electron chi connectivity index (χ1n) is 8.08. The molecule has 1 amide bonds. The molecule has 0 atom stereocenters.